The zero-order valence-corrected chi connectivity index (χ0v) is 15.9. The van der Waals surface area contributed by atoms with Gasteiger partial charge < -0.3 is 20.2 Å². The first kappa shape index (κ1) is 21.1. The molecule has 2 N–H and O–H groups in total. The van der Waals surface area contributed by atoms with Crippen LogP contribution in [0.3, 0.4) is 0 Å². The average molecular weight is 386 g/mol. The molecule has 0 saturated carbocycles. The predicted octanol–water partition coefficient (Wildman–Crippen LogP) is 1.81. The summed E-state index contributed by atoms with van der Waals surface area (Å²) in [5.74, 6) is 0.167. The highest BCUT2D eigenvalue weighted by Gasteiger charge is 2.27. The summed E-state index contributed by atoms with van der Waals surface area (Å²) >= 11 is 0. The van der Waals surface area contributed by atoms with Crippen molar-refractivity contribution in [3.8, 4) is 0 Å². The molecule has 2 fully saturated rings. The molecule has 7 heteroatoms. The quantitative estimate of drug-likeness (QED) is 0.811. The number of amides is 1. The molecule has 0 spiro atoms. The van der Waals surface area contributed by atoms with E-state index in [-0.39, 0.29) is 30.0 Å². The van der Waals surface area contributed by atoms with Gasteiger partial charge in [0.2, 0.25) is 5.91 Å². The number of piperidine rings is 1. The van der Waals surface area contributed by atoms with Crippen molar-refractivity contribution in [3.05, 3.63) is 35.6 Å². The van der Waals surface area contributed by atoms with Crippen LogP contribution in [0, 0.1) is 11.7 Å². The van der Waals surface area contributed by atoms with E-state index in [4.69, 9.17) is 0 Å². The van der Waals surface area contributed by atoms with Crippen molar-refractivity contribution >= 4 is 18.3 Å². The standard InChI is InChI=1S/C19H28FN3O2.ClH/c20-17-3-1-15(2-4-17)19(25)16-5-10-22(11-6-16)12-7-18(24)23-13-8-21-9-14-23;/h1-4,16,19,21,25H,5-14H2;1H. The summed E-state index contributed by atoms with van der Waals surface area (Å²) in [6.45, 7) is 5.99. The van der Waals surface area contributed by atoms with Crippen LogP contribution < -0.4 is 5.32 Å². The fourth-order valence-corrected chi connectivity index (χ4v) is 3.75. The van der Waals surface area contributed by atoms with E-state index in [2.05, 4.69) is 10.2 Å². The molecule has 1 amide bonds. The number of benzene rings is 1. The van der Waals surface area contributed by atoms with E-state index in [1.165, 1.54) is 12.1 Å². The molecule has 3 rings (SSSR count). The first-order valence-electron chi connectivity index (χ1n) is 9.28. The van der Waals surface area contributed by atoms with Gasteiger partial charge in [0.1, 0.15) is 5.82 Å². The summed E-state index contributed by atoms with van der Waals surface area (Å²) in [6, 6.07) is 6.13. The van der Waals surface area contributed by atoms with Crippen molar-refractivity contribution in [2.45, 2.75) is 25.4 Å². The maximum Gasteiger partial charge on any atom is 0.223 e. The van der Waals surface area contributed by atoms with Crippen LogP contribution in [0.4, 0.5) is 4.39 Å². The number of hydrogen-bond acceptors (Lipinski definition) is 4. The van der Waals surface area contributed by atoms with Crippen LogP contribution in [0.25, 0.3) is 0 Å². The largest absolute Gasteiger partial charge is 0.388 e. The molecule has 1 atom stereocenters. The van der Waals surface area contributed by atoms with Gasteiger partial charge in [-0.2, -0.15) is 0 Å². The number of nitrogens with one attached hydrogen (secondary N) is 1. The van der Waals surface area contributed by atoms with Crippen LogP contribution in [0.1, 0.15) is 30.9 Å². The summed E-state index contributed by atoms with van der Waals surface area (Å²) in [5, 5.41) is 13.8. The lowest BCUT2D eigenvalue weighted by Gasteiger charge is -2.35. The SMILES string of the molecule is Cl.O=C(CCN1CCC(C(O)c2ccc(F)cc2)CC1)N1CCNCC1. The number of nitrogens with zero attached hydrogens (tertiary/aromatic N) is 2. The summed E-state index contributed by atoms with van der Waals surface area (Å²) in [5.41, 5.74) is 0.786. The van der Waals surface area contributed by atoms with E-state index in [1.807, 2.05) is 4.90 Å². The highest BCUT2D eigenvalue weighted by Crippen LogP contribution is 2.30. The predicted molar refractivity (Wildman–Crippen MR) is 102 cm³/mol. The lowest BCUT2D eigenvalue weighted by molar-refractivity contribution is -0.132. The molecule has 2 aliphatic rings. The van der Waals surface area contributed by atoms with Gasteiger partial charge in [-0.25, -0.2) is 4.39 Å². The maximum absolute atomic E-state index is 13.0. The van der Waals surface area contributed by atoms with Gasteiger partial charge in [-0.05, 0) is 49.5 Å². The molecule has 2 saturated heterocycles. The average Bonchev–Trinajstić information content (AvgIpc) is 2.67. The van der Waals surface area contributed by atoms with E-state index in [9.17, 15) is 14.3 Å². The van der Waals surface area contributed by atoms with Crippen molar-refractivity contribution in [3.63, 3.8) is 0 Å². The third-order valence-corrected chi connectivity index (χ3v) is 5.40. The lowest BCUT2D eigenvalue weighted by Crippen LogP contribution is -2.47. The number of aliphatic hydroxyl groups is 1. The van der Waals surface area contributed by atoms with Gasteiger partial charge in [-0.3, -0.25) is 4.79 Å². The number of rotatable bonds is 5. The Balaban J connectivity index is 0.00000243. The molecule has 1 aromatic carbocycles. The Hall–Kier alpha value is -1.21. The Labute approximate surface area is 161 Å². The number of halogens is 2. The smallest absolute Gasteiger partial charge is 0.223 e. The Morgan fingerprint density at radius 3 is 2.38 bits per heavy atom. The van der Waals surface area contributed by atoms with Crippen LogP contribution in [-0.2, 0) is 4.79 Å². The lowest BCUT2D eigenvalue weighted by atomic mass is 9.87. The van der Waals surface area contributed by atoms with Crippen molar-refractivity contribution in [1.29, 1.82) is 0 Å². The molecule has 1 aromatic rings. The summed E-state index contributed by atoms with van der Waals surface area (Å²) in [6.07, 6.45) is 1.84. The van der Waals surface area contributed by atoms with Crippen LogP contribution in [-0.4, -0.2) is 66.6 Å². The van der Waals surface area contributed by atoms with E-state index < -0.39 is 6.10 Å². The maximum atomic E-state index is 13.0. The fourth-order valence-electron chi connectivity index (χ4n) is 3.75. The molecule has 0 aromatic heterocycles. The minimum absolute atomic E-state index is 0. The minimum atomic E-state index is -0.537. The highest BCUT2D eigenvalue weighted by atomic mass is 35.5. The molecule has 0 bridgehead atoms. The second kappa shape index (κ2) is 10.2. The van der Waals surface area contributed by atoms with E-state index in [0.717, 1.165) is 64.2 Å². The second-order valence-corrected chi connectivity index (χ2v) is 7.06. The Morgan fingerprint density at radius 1 is 1.15 bits per heavy atom. The van der Waals surface area contributed by atoms with Crippen molar-refractivity contribution in [2.75, 3.05) is 45.8 Å². The number of aliphatic hydroxyl groups excluding tert-OH is 1. The van der Waals surface area contributed by atoms with Gasteiger partial charge in [-0.15, -0.1) is 12.4 Å². The molecule has 2 aliphatic heterocycles. The van der Waals surface area contributed by atoms with Crippen LogP contribution in [0.2, 0.25) is 0 Å². The molecule has 2 heterocycles. The number of carbonyl (C=O) groups excluding carboxylic acids is 1. The zero-order valence-electron chi connectivity index (χ0n) is 15.1. The molecule has 1 unspecified atom stereocenters. The fraction of sp³-hybridized carbons (Fsp3) is 0.632. The first-order chi connectivity index (χ1) is 12.1. The molecular formula is C19H29ClFN3O2. The summed E-state index contributed by atoms with van der Waals surface area (Å²) in [7, 11) is 0. The van der Waals surface area contributed by atoms with Crippen molar-refractivity contribution in [1.82, 2.24) is 15.1 Å². The minimum Gasteiger partial charge on any atom is -0.388 e. The van der Waals surface area contributed by atoms with Gasteiger partial charge in [0, 0.05) is 39.1 Å². The third-order valence-electron chi connectivity index (χ3n) is 5.40. The summed E-state index contributed by atoms with van der Waals surface area (Å²) < 4.78 is 13.0. The van der Waals surface area contributed by atoms with Gasteiger partial charge in [0.25, 0.3) is 0 Å². The molecule has 146 valence electrons. The number of piperazine rings is 1. The number of hydrogen-bond donors (Lipinski definition) is 2. The number of likely N-dealkylation sites (tertiary alicyclic amines) is 1. The normalized spacial score (nSPS) is 20.5. The van der Waals surface area contributed by atoms with E-state index in [1.54, 1.807) is 12.1 Å². The Kier molecular flexibility index (Phi) is 8.28. The molecule has 0 radical (unpaired) electrons. The Bertz CT molecular complexity index is 558. The van der Waals surface area contributed by atoms with Crippen molar-refractivity contribution < 1.29 is 14.3 Å². The molecular weight excluding hydrogens is 357 g/mol. The van der Waals surface area contributed by atoms with Crippen molar-refractivity contribution in [2.24, 2.45) is 5.92 Å². The third kappa shape index (κ3) is 5.64. The topological polar surface area (TPSA) is 55.8 Å². The van der Waals surface area contributed by atoms with Gasteiger partial charge >= 0.3 is 0 Å². The first-order valence-corrected chi connectivity index (χ1v) is 9.28. The van der Waals surface area contributed by atoms with E-state index in [0.29, 0.717) is 6.42 Å². The van der Waals surface area contributed by atoms with E-state index >= 15 is 0 Å². The summed E-state index contributed by atoms with van der Waals surface area (Å²) in [4.78, 5) is 16.5. The van der Waals surface area contributed by atoms with Gasteiger partial charge in [0.05, 0.1) is 6.10 Å². The number of carbonyl (C=O) groups is 1. The van der Waals surface area contributed by atoms with Gasteiger partial charge in [-0.1, -0.05) is 12.1 Å². The monoisotopic (exact) mass is 385 g/mol. The highest BCUT2D eigenvalue weighted by molar-refractivity contribution is 5.85. The molecule has 0 aliphatic carbocycles. The molecule has 26 heavy (non-hydrogen) atoms. The molecule has 5 nitrogen and oxygen atoms in total. The van der Waals surface area contributed by atoms with Crippen LogP contribution in [0.15, 0.2) is 24.3 Å². The second-order valence-electron chi connectivity index (χ2n) is 7.06. The zero-order chi connectivity index (χ0) is 17.6. The Morgan fingerprint density at radius 2 is 1.77 bits per heavy atom. The van der Waals surface area contributed by atoms with Crippen LogP contribution >= 0.6 is 12.4 Å². The van der Waals surface area contributed by atoms with Gasteiger partial charge in [0.15, 0.2) is 0 Å². The van der Waals surface area contributed by atoms with Crippen LogP contribution in [0.5, 0.6) is 0 Å².